The fourth-order valence-corrected chi connectivity index (χ4v) is 5.78. The molecule has 0 saturated heterocycles. The van der Waals surface area contributed by atoms with Gasteiger partial charge in [0.2, 0.25) is 0 Å². The number of carboxylic acid groups (broad SMARTS) is 1. The number of aromatic carboxylic acids is 1. The standard InChI is InChI=1S/C32H34N4O4/c1-8-19-15(3)22-11-23-17(5)21(10-30(37)40-7)28(35-23)14-29-31(32(38)39)18(6)25(36-29)13-27-20(9-2)16(4)24(34-27)12-26(19)33-22/h11-14,33,36H,8-10H2,1-7H3,(H,38,39). The number of aromatic nitrogens is 4. The van der Waals surface area contributed by atoms with Gasteiger partial charge in [-0.25, -0.2) is 14.8 Å². The maximum Gasteiger partial charge on any atom is 0.338 e. The number of ether oxygens (including phenoxy) is 1. The van der Waals surface area contributed by atoms with Crippen LogP contribution >= 0.6 is 0 Å². The van der Waals surface area contributed by atoms with E-state index in [1.807, 2.05) is 19.1 Å². The van der Waals surface area contributed by atoms with E-state index in [2.05, 4.69) is 43.7 Å². The molecule has 0 saturated carbocycles. The zero-order valence-electron chi connectivity index (χ0n) is 24.0. The van der Waals surface area contributed by atoms with Gasteiger partial charge in [-0.05, 0) is 104 Å². The van der Waals surface area contributed by atoms with E-state index in [1.54, 1.807) is 13.0 Å². The number of nitrogens with zero attached hydrogens (tertiary/aromatic N) is 2. The fraction of sp³-hybridized carbons (Fsp3) is 0.312. The molecule has 8 bridgehead atoms. The number of methoxy groups -OCH3 is 1. The molecule has 0 aliphatic carbocycles. The molecule has 5 heterocycles. The van der Waals surface area contributed by atoms with Crippen molar-refractivity contribution in [2.45, 2.75) is 60.8 Å². The van der Waals surface area contributed by atoms with Crippen molar-refractivity contribution >= 4 is 56.3 Å². The second kappa shape index (κ2) is 10.3. The quantitative estimate of drug-likeness (QED) is 0.300. The molecule has 40 heavy (non-hydrogen) atoms. The highest BCUT2D eigenvalue weighted by Gasteiger charge is 2.23. The molecule has 2 aliphatic rings. The Hall–Kier alpha value is -4.46. The molecule has 8 heteroatoms. The molecule has 8 nitrogen and oxygen atoms in total. The number of rotatable bonds is 5. The lowest BCUT2D eigenvalue weighted by Crippen LogP contribution is -2.01. The smallest absolute Gasteiger partial charge is 0.338 e. The Morgan fingerprint density at radius 3 is 1.88 bits per heavy atom. The lowest BCUT2D eigenvalue weighted by atomic mass is 10.0. The number of hydrogen-bond acceptors (Lipinski definition) is 5. The van der Waals surface area contributed by atoms with Crippen molar-refractivity contribution in [1.82, 2.24) is 19.9 Å². The van der Waals surface area contributed by atoms with Crippen molar-refractivity contribution < 1.29 is 19.4 Å². The number of aryl methyl sites for hydroxylation is 3. The molecule has 3 aromatic heterocycles. The minimum Gasteiger partial charge on any atom is -0.478 e. The molecule has 0 atom stereocenters. The van der Waals surface area contributed by atoms with Crippen LogP contribution in [0.5, 0.6) is 0 Å². The van der Waals surface area contributed by atoms with E-state index in [4.69, 9.17) is 14.7 Å². The van der Waals surface area contributed by atoms with Gasteiger partial charge in [0, 0.05) is 16.6 Å². The first-order chi connectivity index (χ1) is 19.1. The molecule has 3 N–H and O–H groups in total. The summed E-state index contributed by atoms with van der Waals surface area (Å²) in [5.41, 5.74) is 12.9. The first-order valence-electron chi connectivity index (χ1n) is 13.5. The summed E-state index contributed by atoms with van der Waals surface area (Å²) in [7, 11) is 1.35. The lowest BCUT2D eigenvalue weighted by Gasteiger charge is -2.03. The first kappa shape index (κ1) is 27.1. The van der Waals surface area contributed by atoms with Crippen molar-refractivity contribution in [2.24, 2.45) is 0 Å². The number of carbonyl (C=O) groups excluding carboxylic acids is 1. The Balaban J connectivity index is 1.98. The Bertz CT molecular complexity index is 1820. The summed E-state index contributed by atoms with van der Waals surface area (Å²) in [6.45, 7) is 12.1. The van der Waals surface area contributed by atoms with Crippen LogP contribution < -0.4 is 0 Å². The largest absolute Gasteiger partial charge is 0.478 e. The van der Waals surface area contributed by atoms with E-state index in [9.17, 15) is 14.7 Å². The maximum atomic E-state index is 12.4. The average molecular weight is 539 g/mol. The van der Waals surface area contributed by atoms with Gasteiger partial charge in [-0.15, -0.1) is 0 Å². The van der Waals surface area contributed by atoms with Crippen LogP contribution in [0.25, 0.3) is 44.4 Å². The predicted octanol–water partition coefficient (Wildman–Crippen LogP) is 7.03. The van der Waals surface area contributed by atoms with E-state index in [0.29, 0.717) is 33.6 Å². The zero-order valence-corrected chi connectivity index (χ0v) is 24.0. The van der Waals surface area contributed by atoms with Crippen LogP contribution in [0.15, 0.2) is 24.3 Å². The SMILES string of the molecule is CCC1=C(C)c2cc3[nH]c(cc4nc(cc5[nH]c(cc1n2)c(C)c5C(=O)O)C(CC(=O)OC)=C4C)c(C)c3CC. The number of aromatic amines is 2. The van der Waals surface area contributed by atoms with Crippen LogP contribution in [0.3, 0.4) is 0 Å². The molecule has 206 valence electrons. The molecular weight excluding hydrogens is 504 g/mol. The number of hydrogen-bond donors (Lipinski definition) is 3. The van der Waals surface area contributed by atoms with E-state index < -0.39 is 5.97 Å². The van der Waals surface area contributed by atoms with Crippen LogP contribution in [0.2, 0.25) is 0 Å². The minimum absolute atomic E-state index is 0.0259. The number of H-pyrrole nitrogens is 2. The van der Waals surface area contributed by atoms with Crippen molar-refractivity contribution in [1.29, 1.82) is 0 Å². The van der Waals surface area contributed by atoms with Crippen molar-refractivity contribution in [3.8, 4) is 0 Å². The summed E-state index contributed by atoms with van der Waals surface area (Å²) < 4.78 is 4.96. The lowest BCUT2D eigenvalue weighted by molar-refractivity contribution is -0.139. The highest BCUT2D eigenvalue weighted by atomic mass is 16.5. The Kier molecular flexibility index (Phi) is 6.96. The first-order valence-corrected chi connectivity index (χ1v) is 13.5. The van der Waals surface area contributed by atoms with Crippen molar-refractivity contribution in [3.05, 3.63) is 69.3 Å². The van der Waals surface area contributed by atoms with Gasteiger partial charge < -0.3 is 19.8 Å². The second-order valence-corrected chi connectivity index (χ2v) is 10.3. The van der Waals surface area contributed by atoms with Gasteiger partial charge in [0.1, 0.15) is 0 Å². The zero-order chi connectivity index (χ0) is 28.9. The molecule has 0 fully saturated rings. The number of carbonyl (C=O) groups is 2. The van der Waals surface area contributed by atoms with E-state index >= 15 is 0 Å². The van der Waals surface area contributed by atoms with Crippen LogP contribution in [0.1, 0.15) is 90.4 Å². The van der Waals surface area contributed by atoms with Gasteiger partial charge in [0.25, 0.3) is 0 Å². The van der Waals surface area contributed by atoms with E-state index in [1.165, 1.54) is 12.7 Å². The number of carboxylic acids is 1. The van der Waals surface area contributed by atoms with Gasteiger partial charge in [-0.2, -0.15) is 0 Å². The highest BCUT2D eigenvalue weighted by Crippen LogP contribution is 2.36. The Morgan fingerprint density at radius 2 is 1.27 bits per heavy atom. The third-order valence-electron chi connectivity index (χ3n) is 8.14. The fourth-order valence-electron chi connectivity index (χ4n) is 5.78. The maximum absolute atomic E-state index is 12.4. The van der Waals surface area contributed by atoms with Crippen LogP contribution in [-0.4, -0.2) is 44.1 Å². The third kappa shape index (κ3) is 4.43. The number of allylic oxidation sites excluding steroid dienone is 3. The van der Waals surface area contributed by atoms with Gasteiger partial charge in [-0.3, -0.25) is 4.79 Å². The highest BCUT2D eigenvalue weighted by molar-refractivity contribution is 6.03. The minimum atomic E-state index is -1.04. The van der Waals surface area contributed by atoms with Crippen LogP contribution in [-0.2, 0) is 16.0 Å². The molecular formula is C32H34N4O4. The summed E-state index contributed by atoms with van der Waals surface area (Å²) in [4.78, 5) is 41.6. The summed E-state index contributed by atoms with van der Waals surface area (Å²) in [5.74, 6) is -1.43. The molecule has 0 amide bonds. The molecule has 3 aromatic rings. The molecule has 2 aliphatic heterocycles. The Morgan fingerprint density at radius 1 is 0.750 bits per heavy atom. The Labute approximate surface area is 232 Å². The number of esters is 1. The number of nitrogens with one attached hydrogen (secondary N) is 2. The van der Waals surface area contributed by atoms with Crippen molar-refractivity contribution in [2.75, 3.05) is 7.11 Å². The third-order valence-corrected chi connectivity index (χ3v) is 8.14. The normalized spacial score (nSPS) is 13.3. The summed E-state index contributed by atoms with van der Waals surface area (Å²) in [5, 5.41) is 10.2. The van der Waals surface area contributed by atoms with Crippen LogP contribution in [0, 0.1) is 13.8 Å². The van der Waals surface area contributed by atoms with Gasteiger partial charge in [0.15, 0.2) is 0 Å². The molecule has 0 spiro atoms. The predicted molar refractivity (Wildman–Crippen MR) is 159 cm³/mol. The van der Waals surface area contributed by atoms with Crippen molar-refractivity contribution in [3.63, 3.8) is 0 Å². The summed E-state index contributed by atoms with van der Waals surface area (Å²) in [6.07, 6.45) is 1.67. The summed E-state index contributed by atoms with van der Waals surface area (Å²) in [6, 6.07) is 7.75. The number of fused-ring (bicyclic) bond motifs is 8. The van der Waals surface area contributed by atoms with E-state index in [-0.39, 0.29) is 18.0 Å². The van der Waals surface area contributed by atoms with Gasteiger partial charge >= 0.3 is 11.9 Å². The molecule has 0 radical (unpaired) electrons. The monoisotopic (exact) mass is 538 g/mol. The average Bonchev–Trinajstić information content (AvgIpc) is 3.57. The van der Waals surface area contributed by atoms with Crippen LogP contribution in [0.4, 0.5) is 0 Å². The van der Waals surface area contributed by atoms with Gasteiger partial charge in [0.05, 0.1) is 47.4 Å². The topological polar surface area (TPSA) is 121 Å². The summed E-state index contributed by atoms with van der Waals surface area (Å²) >= 11 is 0. The van der Waals surface area contributed by atoms with Gasteiger partial charge in [-0.1, -0.05) is 13.8 Å². The molecule has 0 unspecified atom stereocenters. The van der Waals surface area contributed by atoms with E-state index in [0.717, 1.165) is 57.5 Å². The molecule has 5 rings (SSSR count). The second-order valence-electron chi connectivity index (χ2n) is 10.3. The molecule has 0 aromatic carbocycles.